The summed E-state index contributed by atoms with van der Waals surface area (Å²) in [5.41, 5.74) is 11.9. The first-order chi connectivity index (χ1) is 19.4. The number of methoxy groups -OCH3 is 1. The molecule has 0 aliphatic rings. The number of nitrogens with two attached hydrogens (primary N) is 1. The predicted molar refractivity (Wildman–Crippen MR) is 152 cm³/mol. The Hall–Kier alpha value is -5.80. The van der Waals surface area contributed by atoms with Gasteiger partial charge in [-0.25, -0.2) is 4.98 Å². The predicted octanol–water partition coefficient (Wildman–Crippen LogP) is 6.08. The number of aryl methyl sites for hydroxylation is 2. The van der Waals surface area contributed by atoms with Crippen LogP contribution in [0.3, 0.4) is 0 Å². The minimum absolute atomic E-state index is 0.138. The highest BCUT2D eigenvalue weighted by Gasteiger charge is 2.30. The van der Waals surface area contributed by atoms with Gasteiger partial charge in [-0.05, 0) is 67.9 Å². The third kappa shape index (κ3) is 3.77. The quantitative estimate of drug-likeness (QED) is 0.289. The second-order valence-electron chi connectivity index (χ2n) is 9.29. The Bertz CT molecular complexity index is 2010. The molecule has 194 valence electrons. The van der Waals surface area contributed by atoms with Crippen LogP contribution < -0.4 is 15.2 Å². The monoisotopic (exact) mass is 525 g/mol. The lowest BCUT2D eigenvalue weighted by atomic mass is 9.96. The number of ether oxygens (including phenoxy) is 2. The van der Waals surface area contributed by atoms with E-state index in [0.717, 1.165) is 11.3 Å². The molecular formula is C31H23N7O2. The number of benzene rings is 3. The van der Waals surface area contributed by atoms with Crippen LogP contribution in [0.25, 0.3) is 33.5 Å². The first kappa shape index (κ1) is 24.5. The molecule has 0 atom stereocenters. The molecule has 0 spiro atoms. The molecule has 9 nitrogen and oxygen atoms in total. The molecule has 0 amide bonds. The summed E-state index contributed by atoms with van der Waals surface area (Å²) in [7, 11) is 1.59. The van der Waals surface area contributed by atoms with Gasteiger partial charge in [0.1, 0.15) is 40.6 Å². The van der Waals surface area contributed by atoms with Gasteiger partial charge in [-0.15, -0.1) is 0 Å². The molecule has 0 unspecified atom stereocenters. The summed E-state index contributed by atoms with van der Waals surface area (Å²) in [6.07, 6.45) is 0. The van der Waals surface area contributed by atoms with Gasteiger partial charge in [0.05, 0.1) is 35.1 Å². The number of fused-ring (bicyclic) bond motifs is 3. The standard InChI is InChI=1S/C31H23N7O2/c1-18-9-14-26-25(15-18)35-30-24(17-33)28(23(16-32)29(34)37(26)30)27-19(2)36-38(20-7-5-4-6-8-20)31(27)40-22-12-10-21(39-3)11-13-22/h4-15H,34H2,1-3H3. The van der Waals surface area contributed by atoms with Crippen molar-refractivity contribution in [1.29, 1.82) is 10.5 Å². The van der Waals surface area contributed by atoms with Crippen molar-refractivity contribution >= 4 is 22.5 Å². The van der Waals surface area contributed by atoms with Gasteiger partial charge < -0.3 is 15.2 Å². The first-order valence-electron chi connectivity index (χ1n) is 12.5. The van der Waals surface area contributed by atoms with Crippen molar-refractivity contribution < 1.29 is 9.47 Å². The van der Waals surface area contributed by atoms with Crippen LogP contribution in [0.2, 0.25) is 0 Å². The summed E-state index contributed by atoms with van der Waals surface area (Å²) in [5.74, 6) is 1.71. The van der Waals surface area contributed by atoms with E-state index in [4.69, 9.17) is 25.3 Å². The zero-order valence-corrected chi connectivity index (χ0v) is 22.0. The fourth-order valence-corrected chi connectivity index (χ4v) is 4.94. The van der Waals surface area contributed by atoms with E-state index in [0.29, 0.717) is 50.9 Å². The number of nitriles is 2. The van der Waals surface area contributed by atoms with Crippen molar-refractivity contribution in [3.63, 3.8) is 0 Å². The van der Waals surface area contributed by atoms with E-state index in [1.54, 1.807) is 40.5 Å². The van der Waals surface area contributed by atoms with Gasteiger partial charge in [0.2, 0.25) is 5.88 Å². The molecule has 0 fully saturated rings. The summed E-state index contributed by atoms with van der Waals surface area (Å²) in [6, 6.07) is 26.9. The SMILES string of the molecule is COc1ccc(Oc2c(-c3c(C#N)c(N)n4c(nc5cc(C)ccc54)c3C#N)c(C)nn2-c2ccccc2)cc1. The number of imidazole rings is 1. The molecule has 3 aromatic heterocycles. The number of aromatic nitrogens is 4. The lowest BCUT2D eigenvalue weighted by Crippen LogP contribution is -2.06. The Morgan fingerprint density at radius 1 is 0.850 bits per heavy atom. The Labute approximate surface area is 229 Å². The number of nitrogens with zero attached hydrogens (tertiary/aromatic N) is 6. The van der Waals surface area contributed by atoms with E-state index < -0.39 is 0 Å². The maximum atomic E-state index is 10.5. The molecule has 3 aromatic carbocycles. The fraction of sp³-hybridized carbons (Fsp3) is 0.0968. The van der Waals surface area contributed by atoms with E-state index in [1.165, 1.54) is 0 Å². The highest BCUT2D eigenvalue weighted by atomic mass is 16.5. The van der Waals surface area contributed by atoms with Crippen molar-refractivity contribution in [2.24, 2.45) is 0 Å². The lowest BCUT2D eigenvalue weighted by Gasteiger charge is -2.15. The molecule has 2 N–H and O–H groups in total. The van der Waals surface area contributed by atoms with Crippen molar-refractivity contribution in [2.75, 3.05) is 12.8 Å². The van der Waals surface area contributed by atoms with Gasteiger partial charge in [0, 0.05) is 5.56 Å². The molecule has 0 saturated heterocycles. The average molecular weight is 526 g/mol. The summed E-state index contributed by atoms with van der Waals surface area (Å²) >= 11 is 0. The van der Waals surface area contributed by atoms with E-state index in [1.807, 2.05) is 62.4 Å². The van der Waals surface area contributed by atoms with Crippen LogP contribution >= 0.6 is 0 Å². The number of hydrogen-bond donors (Lipinski definition) is 1. The molecule has 0 aliphatic carbocycles. The third-order valence-electron chi connectivity index (χ3n) is 6.80. The number of anilines is 1. The Kier molecular flexibility index (Phi) is 5.83. The van der Waals surface area contributed by atoms with Gasteiger partial charge >= 0.3 is 0 Å². The second-order valence-corrected chi connectivity index (χ2v) is 9.29. The van der Waals surface area contributed by atoms with Crippen LogP contribution in [0.15, 0.2) is 72.8 Å². The molecule has 3 heterocycles. The number of hydrogen-bond acceptors (Lipinski definition) is 7. The van der Waals surface area contributed by atoms with Crippen molar-refractivity contribution in [2.45, 2.75) is 13.8 Å². The molecule has 6 aromatic rings. The highest BCUT2D eigenvalue weighted by Crippen LogP contribution is 2.44. The molecule has 9 heteroatoms. The number of pyridine rings is 1. The minimum atomic E-state index is 0.138. The maximum absolute atomic E-state index is 10.5. The van der Waals surface area contributed by atoms with Crippen LogP contribution in [0, 0.1) is 36.5 Å². The zero-order valence-electron chi connectivity index (χ0n) is 22.0. The van der Waals surface area contributed by atoms with Crippen molar-refractivity contribution in [3.05, 3.63) is 95.2 Å². The molecular weight excluding hydrogens is 502 g/mol. The smallest absolute Gasteiger partial charge is 0.230 e. The molecule has 0 bridgehead atoms. The topological polar surface area (TPSA) is 127 Å². The largest absolute Gasteiger partial charge is 0.497 e. The van der Waals surface area contributed by atoms with Crippen LogP contribution in [0.1, 0.15) is 22.4 Å². The van der Waals surface area contributed by atoms with E-state index >= 15 is 0 Å². The summed E-state index contributed by atoms with van der Waals surface area (Å²) in [6.45, 7) is 3.78. The van der Waals surface area contributed by atoms with Crippen LogP contribution in [0.4, 0.5) is 5.82 Å². The Morgan fingerprint density at radius 2 is 1.55 bits per heavy atom. The zero-order chi connectivity index (χ0) is 28.0. The highest BCUT2D eigenvalue weighted by molar-refractivity contribution is 5.94. The van der Waals surface area contributed by atoms with Gasteiger partial charge in [-0.1, -0.05) is 24.3 Å². The number of nitrogen functional groups attached to an aromatic ring is 1. The molecule has 6 rings (SSSR count). The summed E-state index contributed by atoms with van der Waals surface area (Å²) in [4.78, 5) is 4.77. The van der Waals surface area contributed by atoms with Crippen LogP contribution in [-0.2, 0) is 0 Å². The maximum Gasteiger partial charge on any atom is 0.230 e. The van der Waals surface area contributed by atoms with E-state index in [2.05, 4.69) is 12.1 Å². The fourth-order valence-electron chi connectivity index (χ4n) is 4.94. The molecule has 0 saturated carbocycles. The van der Waals surface area contributed by atoms with E-state index in [9.17, 15) is 10.5 Å². The third-order valence-corrected chi connectivity index (χ3v) is 6.80. The normalized spacial score (nSPS) is 10.9. The van der Waals surface area contributed by atoms with Crippen LogP contribution in [0.5, 0.6) is 17.4 Å². The molecule has 0 aliphatic heterocycles. The average Bonchev–Trinajstić information content (AvgIpc) is 3.50. The second kappa shape index (κ2) is 9.50. The summed E-state index contributed by atoms with van der Waals surface area (Å²) in [5, 5.41) is 25.7. The van der Waals surface area contributed by atoms with Gasteiger partial charge in [0.25, 0.3) is 0 Å². The van der Waals surface area contributed by atoms with Crippen molar-refractivity contribution in [1.82, 2.24) is 19.2 Å². The van der Waals surface area contributed by atoms with Gasteiger partial charge in [0.15, 0.2) is 5.65 Å². The van der Waals surface area contributed by atoms with Crippen LogP contribution in [-0.4, -0.2) is 26.3 Å². The van der Waals surface area contributed by atoms with E-state index in [-0.39, 0.29) is 16.9 Å². The van der Waals surface area contributed by atoms with Crippen molar-refractivity contribution in [3.8, 4) is 46.3 Å². The molecule has 0 radical (unpaired) electrons. The number of rotatable bonds is 5. The minimum Gasteiger partial charge on any atom is -0.497 e. The number of para-hydroxylation sites is 1. The Balaban J connectivity index is 1.70. The lowest BCUT2D eigenvalue weighted by molar-refractivity contribution is 0.411. The van der Waals surface area contributed by atoms with Gasteiger partial charge in [-0.2, -0.15) is 20.3 Å². The molecule has 40 heavy (non-hydrogen) atoms. The van der Waals surface area contributed by atoms with Gasteiger partial charge in [-0.3, -0.25) is 4.40 Å². The summed E-state index contributed by atoms with van der Waals surface area (Å²) < 4.78 is 15.1. The first-order valence-corrected chi connectivity index (χ1v) is 12.5. The Morgan fingerprint density at radius 3 is 2.23 bits per heavy atom.